The van der Waals surface area contributed by atoms with Gasteiger partial charge in [0.25, 0.3) is 5.91 Å². The maximum absolute atomic E-state index is 12.3. The molecule has 114 valence electrons. The lowest BCUT2D eigenvalue weighted by Gasteiger charge is -2.27. The van der Waals surface area contributed by atoms with Crippen LogP contribution in [0.2, 0.25) is 0 Å². The third kappa shape index (κ3) is 3.17. The summed E-state index contributed by atoms with van der Waals surface area (Å²) in [4.78, 5) is 27.2. The van der Waals surface area contributed by atoms with E-state index >= 15 is 0 Å². The summed E-state index contributed by atoms with van der Waals surface area (Å²) < 4.78 is 5.56. The zero-order valence-corrected chi connectivity index (χ0v) is 12.9. The molecular formula is C15H20N2O3S. The Balaban J connectivity index is 1.64. The van der Waals surface area contributed by atoms with Crippen molar-refractivity contribution >= 4 is 23.0 Å². The molecule has 2 aliphatic heterocycles. The number of amides is 1. The van der Waals surface area contributed by atoms with Crippen molar-refractivity contribution in [2.75, 3.05) is 26.3 Å². The van der Waals surface area contributed by atoms with Crippen molar-refractivity contribution in [3.8, 4) is 0 Å². The molecule has 0 radical (unpaired) electrons. The van der Waals surface area contributed by atoms with E-state index in [4.69, 9.17) is 4.74 Å². The van der Waals surface area contributed by atoms with E-state index in [1.165, 1.54) is 31.1 Å². The van der Waals surface area contributed by atoms with E-state index in [2.05, 4.69) is 10.2 Å². The van der Waals surface area contributed by atoms with Crippen molar-refractivity contribution in [2.45, 2.75) is 31.8 Å². The van der Waals surface area contributed by atoms with Crippen molar-refractivity contribution in [3.05, 3.63) is 21.9 Å². The second kappa shape index (κ2) is 6.25. The van der Waals surface area contributed by atoms with Crippen LogP contribution in [-0.2, 0) is 4.74 Å². The molecule has 1 aromatic heterocycles. The van der Waals surface area contributed by atoms with E-state index in [9.17, 15) is 9.59 Å². The molecule has 0 saturated carbocycles. The molecule has 1 amide bonds. The molecule has 1 aromatic rings. The average molecular weight is 308 g/mol. The van der Waals surface area contributed by atoms with Crippen LogP contribution in [-0.4, -0.2) is 55.0 Å². The highest BCUT2D eigenvalue weighted by molar-refractivity contribution is 7.15. The van der Waals surface area contributed by atoms with E-state index in [1.807, 2.05) is 0 Å². The standard InChI is InChI=1S/C15H20N2O3S/c1-10(18)13-4-5-14(21-13)15(19)16-11-8-20-9-12(11)17-6-2-3-7-17/h4-5,11-12H,2-3,6-9H2,1H3,(H,16,19)/t11-,12-/m1/s1. The van der Waals surface area contributed by atoms with Gasteiger partial charge < -0.3 is 10.1 Å². The average Bonchev–Trinajstić information content (AvgIpc) is 3.19. The Kier molecular flexibility index (Phi) is 4.37. The number of Topliss-reactive ketones (excluding diaryl/α,β-unsaturated/α-hetero) is 1. The van der Waals surface area contributed by atoms with Gasteiger partial charge in [-0.1, -0.05) is 0 Å². The minimum absolute atomic E-state index is 0.00167. The van der Waals surface area contributed by atoms with Gasteiger partial charge in [0, 0.05) is 0 Å². The number of likely N-dealkylation sites (tertiary alicyclic amines) is 1. The zero-order valence-electron chi connectivity index (χ0n) is 12.1. The predicted molar refractivity (Wildman–Crippen MR) is 81.0 cm³/mol. The molecule has 0 aromatic carbocycles. The molecule has 3 rings (SSSR count). The van der Waals surface area contributed by atoms with Gasteiger partial charge in [-0.25, -0.2) is 0 Å². The van der Waals surface area contributed by atoms with Crippen LogP contribution in [0.15, 0.2) is 12.1 Å². The number of carbonyl (C=O) groups is 2. The summed E-state index contributed by atoms with van der Waals surface area (Å²) >= 11 is 1.25. The zero-order chi connectivity index (χ0) is 14.8. The summed E-state index contributed by atoms with van der Waals surface area (Å²) in [5.41, 5.74) is 0. The molecule has 1 N–H and O–H groups in total. The first kappa shape index (κ1) is 14.7. The van der Waals surface area contributed by atoms with Gasteiger partial charge in [-0.3, -0.25) is 14.5 Å². The second-order valence-electron chi connectivity index (χ2n) is 5.65. The van der Waals surface area contributed by atoms with Crippen LogP contribution in [0.5, 0.6) is 0 Å². The molecule has 6 heteroatoms. The Morgan fingerprint density at radius 3 is 2.62 bits per heavy atom. The third-order valence-corrected chi connectivity index (χ3v) is 5.34. The maximum atomic E-state index is 12.3. The molecule has 2 aliphatic rings. The third-order valence-electron chi connectivity index (χ3n) is 4.15. The van der Waals surface area contributed by atoms with Crippen molar-refractivity contribution < 1.29 is 14.3 Å². The smallest absolute Gasteiger partial charge is 0.261 e. The highest BCUT2D eigenvalue weighted by Crippen LogP contribution is 2.21. The van der Waals surface area contributed by atoms with Gasteiger partial charge in [0.1, 0.15) is 0 Å². The molecular weight excluding hydrogens is 288 g/mol. The summed E-state index contributed by atoms with van der Waals surface area (Å²) in [5.74, 6) is -0.106. The van der Waals surface area contributed by atoms with Gasteiger partial charge in [0.15, 0.2) is 5.78 Å². The van der Waals surface area contributed by atoms with Crippen LogP contribution in [0.4, 0.5) is 0 Å². The van der Waals surface area contributed by atoms with Crippen molar-refractivity contribution in [1.29, 1.82) is 0 Å². The van der Waals surface area contributed by atoms with Crippen molar-refractivity contribution in [2.24, 2.45) is 0 Å². The number of nitrogens with one attached hydrogen (secondary N) is 1. The maximum Gasteiger partial charge on any atom is 0.261 e. The fraction of sp³-hybridized carbons (Fsp3) is 0.600. The van der Waals surface area contributed by atoms with Crippen LogP contribution in [0.25, 0.3) is 0 Å². The van der Waals surface area contributed by atoms with E-state index in [1.54, 1.807) is 12.1 Å². The van der Waals surface area contributed by atoms with E-state index < -0.39 is 0 Å². The van der Waals surface area contributed by atoms with Gasteiger partial charge in [-0.15, -0.1) is 11.3 Å². The molecule has 2 saturated heterocycles. The first-order valence-electron chi connectivity index (χ1n) is 7.38. The number of hydrogen-bond acceptors (Lipinski definition) is 5. The number of rotatable bonds is 4. The van der Waals surface area contributed by atoms with Gasteiger partial charge >= 0.3 is 0 Å². The summed E-state index contributed by atoms with van der Waals surface area (Å²) in [5, 5.41) is 3.07. The summed E-state index contributed by atoms with van der Waals surface area (Å²) in [6.45, 7) is 4.95. The first-order chi connectivity index (χ1) is 10.1. The molecule has 0 unspecified atom stereocenters. The van der Waals surface area contributed by atoms with E-state index in [0.29, 0.717) is 23.0 Å². The summed E-state index contributed by atoms with van der Waals surface area (Å²) in [6.07, 6.45) is 2.45. The number of hydrogen-bond donors (Lipinski definition) is 1. The first-order valence-corrected chi connectivity index (χ1v) is 8.20. The normalized spacial score (nSPS) is 26.1. The van der Waals surface area contributed by atoms with E-state index in [-0.39, 0.29) is 23.8 Å². The van der Waals surface area contributed by atoms with Gasteiger partial charge in [0.05, 0.1) is 35.1 Å². The van der Waals surface area contributed by atoms with Crippen LogP contribution in [0.3, 0.4) is 0 Å². The minimum Gasteiger partial charge on any atom is -0.378 e. The van der Waals surface area contributed by atoms with Crippen molar-refractivity contribution in [1.82, 2.24) is 10.2 Å². The fourth-order valence-corrected chi connectivity index (χ4v) is 3.81. The minimum atomic E-state index is -0.104. The van der Waals surface area contributed by atoms with Crippen molar-refractivity contribution in [3.63, 3.8) is 0 Å². The Morgan fingerprint density at radius 2 is 1.95 bits per heavy atom. The summed E-state index contributed by atoms with van der Waals surface area (Å²) in [6, 6.07) is 3.75. The topological polar surface area (TPSA) is 58.6 Å². The Bertz CT molecular complexity index is 537. The molecule has 2 fully saturated rings. The van der Waals surface area contributed by atoms with Crippen LogP contribution in [0, 0.1) is 0 Å². The highest BCUT2D eigenvalue weighted by atomic mass is 32.1. The Labute approximate surface area is 128 Å². The van der Waals surface area contributed by atoms with E-state index in [0.717, 1.165) is 13.1 Å². The monoisotopic (exact) mass is 308 g/mol. The summed E-state index contributed by atoms with van der Waals surface area (Å²) in [7, 11) is 0. The molecule has 21 heavy (non-hydrogen) atoms. The molecule has 0 bridgehead atoms. The fourth-order valence-electron chi connectivity index (χ4n) is 3.00. The molecule has 2 atom stereocenters. The number of carbonyl (C=O) groups excluding carboxylic acids is 2. The highest BCUT2D eigenvalue weighted by Gasteiger charge is 2.35. The molecule has 0 aliphatic carbocycles. The Morgan fingerprint density at radius 1 is 1.24 bits per heavy atom. The lowest BCUT2D eigenvalue weighted by Crippen LogP contribution is -2.50. The largest absolute Gasteiger partial charge is 0.378 e. The number of thiophene rings is 1. The molecule has 5 nitrogen and oxygen atoms in total. The SMILES string of the molecule is CC(=O)c1ccc(C(=O)N[C@@H]2COC[C@H]2N2CCCC2)s1. The number of ketones is 1. The van der Waals surface area contributed by atoms with Crippen LogP contribution in [0.1, 0.15) is 39.1 Å². The predicted octanol–water partition coefficient (Wildman–Crippen LogP) is 1.54. The lowest BCUT2D eigenvalue weighted by atomic mass is 10.1. The van der Waals surface area contributed by atoms with Gasteiger partial charge in [0.2, 0.25) is 0 Å². The molecule has 0 spiro atoms. The second-order valence-corrected chi connectivity index (χ2v) is 6.73. The van der Waals surface area contributed by atoms with Gasteiger partial charge in [-0.05, 0) is 45.0 Å². The van der Waals surface area contributed by atoms with Crippen LogP contribution >= 0.6 is 11.3 Å². The molecule has 3 heterocycles. The van der Waals surface area contributed by atoms with Gasteiger partial charge in [-0.2, -0.15) is 0 Å². The quantitative estimate of drug-likeness (QED) is 0.857. The Hall–Kier alpha value is -1.24. The number of nitrogens with zero attached hydrogens (tertiary/aromatic N) is 1. The lowest BCUT2D eigenvalue weighted by molar-refractivity contribution is 0.0920. The number of ether oxygens (including phenoxy) is 1. The van der Waals surface area contributed by atoms with Crippen LogP contribution < -0.4 is 5.32 Å².